The standard InChI is InChI=1S/C22H22O4/c23-19-13-7-8-14-20(19)26-21(24)15-18(16-9-3-1-4-10-16)22(25)17-11-5-2-6-12-17/h1-6,9-12,18,20H,7-8,13-15H2. The summed E-state index contributed by atoms with van der Waals surface area (Å²) < 4.78 is 5.40. The first-order valence-corrected chi connectivity index (χ1v) is 9.01. The molecule has 0 aromatic heterocycles. The Morgan fingerprint density at radius 1 is 0.962 bits per heavy atom. The van der Waals surface area contributed by atoms with Crippen LogP contribution >= 0.6 is 0 Å². The molecule has 134 valence electrons. The summed E-state index contributed by atoms with van der Waals surface area (Å²) in [5, 5.41) is 0. The Morgan fingerprint density at radius 2 is 1.62 bits per heavy atom. The molecule has 26 heavy (non-hydrogen) atoms. The van der Waals surface area contributed by atoms with Crippen LogP contribution < -0.4 is 0 Å². The Balaban J connectivity index is 1.76. The van der Waals surface area contributed by atoms with E-state index in [0.717, 1.165) is 18.4 Å². The van der Waals surface area contributed by atoms with Crippen LogP contribution in [0.2, 0.25) is 0 Å². The van der Waals surface area contributed by atoms with E-state index in [2.05, 4.69) is 0 Å². The molecule has 0 N–H and O–H groups in total. The molecule has 1 saturated carbocycles. The summed E-state index contributed by atoms with van der Waals surface area (Å²) in [4.78, 5) is 37.3. The van der Waals surface area contributed by atoms with Crippen LogP contribution in [-0.2, 0) is 14.3 Å². The average Bonchev–Trinajstić information content (AvgIpc) is 2.69. The van der Waals surface area contributed by atoms with Gasteiger partial charge in [-0.25, -0.2) is 0 Å². The van der Waals surface area contributed by atoms with Crippen molar-refractivity contribution >= 4 is 17.5 Å². The van der Waals surface area contributed by atoms with Gasteiger partial charge in [0.05, 0.1) is 12.3 Å². The number of carbonyl (C=O) groups excluding carboxylic acids is 3. The second-order valence-corrected chi connectivity index (χ2v) is 6.59. The summed E-state index contributed by atoms with van der Waals surface area (Å²) in [6, 6.07) is 18.2. The Morgan fingerprint density at radius 3 is 2.27 bits per heavy atom. The lowest BCUT2D eigenvalue weighted by atomic mass is 9.88. The van der Waals surface area contributed by atoms with E-state index in [1.807, 2.05) is 36.4 Å². The first kappa shape index (κ1) is 18.1. The van der Waals surface area contributed by atoms with Gasteiger partial charge in [-0.05, 0) is 24.8 Å². The SMILES string of the molecule is O=C(CC(C(=O)c1ccccc1)c1ccccc1)OC1CCCCC1=O. The highest BCUT2D eigenvalue weighted by Crippen LogP contribution is 2.26. The van der Waals surface area contributed by atoms with Gasteiger partial charge in [0.25, 0.3) is 0 Å². The van der Waals surface area contributed by atoms with Crippen molar-refractivity contribution < 1.29 is 19.1 Å². The van der Waals surface area contributed by atoms with Crippen molar-refractivity contribution in [1.82, 2.24) is 0 Å². The molecule has 1 aliphatic carbocycles. The van der Waals surface area contributed by atoms with Gasteiger partial charge in [-0.2, -0.15) is 0 Å². The minimum atomic E-state index is -0.653. The van der Waals surface area contributed by atoms with Gasteiger partial charge in [-0.3, -0.25) is 14.4 Å². The fraction of sp³-hybridized carbons (Fsp3) is 0.318. The molecule has 0 bridgehead atoms. The molecular formula is C22H22O4. The number of Topliss-reactive ketones (excluding diaryl/α,β-unsaturated/α-hetero) is 2. The van der Waals surface area contributed by atoms with E-state index in [4.69, 9.17) is 4.74 Å². The largest absolute Gasteiger partial charge is 0.454 e. The second-order valence-electron chi connectivity index (χ2n) is 6.59. The number of hydrogen-bond acceptors (Lipinski definition) is 4. The van der Waals surface area contributed by atoms with Crippen molar-refractivity contribution in [3.05, 3.63) is 71.8 Å². The highest BCUT2D eigenvalue weighted by atomic mass is 16.5. The van der Waals surface area contributed by atoms with E-state index in [9.17, 15) is 14.4 Å². The van der Waals surface area contributed by atoms with E-state index in [-0.39, 0.29) is 18.0 Å². The fourth-order valence-electron chi connectivity index (χ4n) is 3.30. The van der Waals surface area contributed by atoms with Crippen LogP contribution in [0.15, 0.2) is 60.7 Å². The molecule has 1 aliphatic rings. The third kappa shape index (κ3) is 4.45. The summed E-state index contributed by atoms with van der Waals surface area (Å²) in [6.07, 6.45) is 2.05. The second kappa shape index (κ2) is 8.56. The number of ether oxygens (including phenoxy) is 1. The highest BCUT2D eigenvalue weighted by Gasteiger charge is 2.30. The summed E-state index contributed by atoms with van der Waals surface area (Å²) >= 11 is 0. The van der Waals surface area contributed by atoms with Gasteiger partial charge >= 0.3 is 5.97 Å². The van der Waals surface area contributed by atoms with Gasteiger partial charge in [-0.15, -0.1) is 0 Å². The number of benzene rings is 2. The monoisotopic (exact) mass is 350 g/mol. The lowest BCUT2D eigenvalue weighted by molar-refractivity contribution is -0.157. The van der Waals surface area contributed by atoms with Crippen molar-refractivity contribution in [1.29, 1.82) is 0 Å². The molecule has 2 aromatic rings. The minimum absolute atomic E-state index is 0.0183. The molecule has 1 fully saturated rings. The maximum absolute atomic E-state index is 13.0. The van der Waals surface area contributed by atoms with Crippen LogP contribution in [0.25, 0.3) is 0 Å². The molecule has 0 heterocycles. The third-order valence-corrected chi connectivity index (χ3v) is 4.72. The average molecular weight is 350 g/mol. The van der Waals surface area contributed by atoms with Crippen molar-refractivity contribution in [3.8, 4) is 0 Å². The summed E-state index contributed by atoms with van der Waals surface area (Å²) in [5.41, 5.74) is 1.33. The van der Waals surface area contributed by atoms with Gasteiger partial charge in [0.15, 0.2) is 17.7 Å². The van der Waals surface area contributed by atoms with E-state index < -0.39 is 18.0 Å². The molecule has 0 aliphatic heterocycles. The number of esters is 1. The van der Waals surface area contributed by atoms with Gasteiger partial charge in [-0.1, -0.05) is 60.7 Å². The van der Waals surface area contributed by atoms with Gasteiger partial charge < -0.3 is 4.74 Å². The molecule has 0 amide bonds. The quantitative estimate of drug-likeness (QED) is 0.581. The van der Waals surface area contributed by atoms with Crippen molar-refractivity contribution in [3.63, 3.8) is 0 Å². The van der Waals surface area contributed by atoms with Crippen LogP contribution in [0.3, 0.4) is 0 Å². The lowest BCUT2D eigenvalue weighted by Crippen LogP contribution is -2.31. The number of hydrogen-bond donors (Lipinski definition) is 0. The maximum atomic E-state index is 13.0. The smallest absolute Gasteiger partial charge is 0.307 e. The zero-order valence-corrected chi connectivity index (χ0v) is 14.6. The van der Waals surface area contributed by atoms with Crippen LogP contribution in [0.5, 0.6) is 0 Å². The summed E-state index contributed by atoms with van der Waals surface area (Å²) in [5.74, 6) is -1.26. The number of rotatable bonds is 6. The maximum Gasteiger partial charge on any atom is 0.307 e. The van der Waals surface area contributed by atoms with Gasteiger partial charge in [0.1, 0.15) is 0 Å². The Hall–Kier alpha value is -2.75. The van der Waals surface area contributed by atoms with Crippen molar-refractivity contribution in [2.24, 2.45) is 0 Å². The summed E-state index contributed by atoms with van der Waals surface area (Å²) in [7, 11) is 0. The predicted molar refractivity (Wildman–Crippen MR) is 97.9 cm³/mol. The van der Waals surface area contributed by atoms with E-state index >= 15 is 0 Å². The van der Waals surface area contributed by atoms with Gasteiger partial charge in [0.2, 0.25) is 0 Å². The topological polar surface area (TPSA) is 60.4 Å². The first-order valence-electron chi connectivity index (χ1n) is 9.01. The molecule has 4 heteroatoms. The predicted octanol–water partition coefficient (Wildman–Crippen LogP) is 4.10. The lowest BCUT2D eigenvalue weighted by Gasteiger charge is -2.22. The normalized spacial score (nSPS) is 18.2. The molecule has 2 atom stereocenters. The minimum Gasteiger partial charge on any atom is -0.454 e. The Labute approximate surface area is 153 Å². The zero-order valence-electron chi connectivity index (χ0n) is 14.6. The molecule has 0 radical (unpaired) electrons. The van der Waals surface area contributed by atoms with E-state index in [0.29, 0.717) is 18.4 Å². The van der Waals surface area contributed by atoms with Crippen LogP contribution in [0, 0.1) is 0 Å². The Kier molecular flexibility index (Phi) is 5.95. The van der Waals surface area contributed by atoms with E-state index in [1.165, 1.54) is 0 Å². The molecule has 2 aromatic carbocycles. The molecule has 0 saturated heterocycles. The molecule has 2 unspecified atom stereocenters. The Bertz CT molecular complexity index is 767. The number of carbonyl (C=O) groups is 3. The molecule has 3 rings (SSSR count). The fourth-order valence-corrected chi connectivity index (χ4v) is 3.30. The highest BCUT2D eigenvalue weighted by molar-refractivity contribution is 6.02. The number of ketones is 2. The van der Waals surface area contributed by atoms with Crippen LogP contribution in [0.4, 0.5) is 0 Å². The summed E-state index contributed by atoms with van der Waals surface area (Å²) in [6.45, 7) is 0. The van der Waals surface area contributed by atoms with Crippen LogP contribution in [0.1, 0.15) is 53.9 Å². The van der Waals surface area contributed by atoms with Crippen LogP contribution in [-0.4, -0.2) is 23.6 Å². The van der Waals surface area contributed by atoms with E-state index in [1.54, 1.807) is 24.3 Å². The van der Waals surface area contributed by atoms with Crippen molar-refractivity contribution in [2.75, 3.05) is 0 Å². The van der Waals surface area contributed by atoms with Crippen molar-refractivity contribution in [2.45, 2.75) is 44.1 Å². The zero-order chi connectivity index (χ0) is 18.4. The molecular weight excluding hydrogens is 328 g/mol. The molecule has 4 nitrogen and oxygen atoms in total. The molecule has 0 spiro atoms. The first-order chi connectivity index (χ1) is 12.6. The van der Waals surface area contributed by atoms with Gasteiger partial charge in [0, 0.05) is 12.0 Å². The third-order valence-electron chi connectivity index (χ3n) is 4.72.